The van der Waals surface area contributed by atoms with Crippen molar-refractivity contribution in [2.24, 2.45) is 0 Å². The molecule has 23 heavy (non-hydrogen) atoms. The van der Waals surface area contributed by atoms with Gasteiger partial charge < -0.3 is 30.3 Å². The Morgan fingerprint density at radius 2 is 1.70 bits per heavy atom. The van der Waals surface area contributed by atoms with Crippen LogP contribution < -0.4 is 0 Å². The molecule has 1 rings (SSSR count). The Morgan fingerprint density at radius 1 is 1.17 bits per heavy atom. The second kappa shape index (κ2) is 6.74. The lowest BCUT2D eigenvalue weighted by Gasteiger charge is -2.24. The summed E-state index contributed by atoms with van der Waals surface area (Å²) in [5.74, 6) is -5.81. The molecule has 0 unspecified atom stereocenters. The fourth-order valence-electron chi connectivity index (χ4n) is 1.84. The summed E-state index contributed by atoms with van der Waals surface area (Å²) in [6.07, 6.45) is 0.364. The predicted molar refractivity (Wildman–Crippen MR) is 77.1 cm³/mol. The van der Waals surface area contributed by atoms with E-state index in [-0.39, 0.29) is 11.3 Å². The Morgan fingerprint density at radius 3 is 2.13 bits per heavy atom. The van der Waals surface area contributed by atoms with Crippen LogP contribution in [0.5, 0.6) is 5.75 Å². The summed E-state index contributed by atoms with van der Waals surface area (Å²) >= 11 is 0. The minimum absolute atomic E-state index is 0.0753. The maximum Gasteiger partial charge on any atom is 0.338 e. The molecule has 124 valence electrons. The Labute approximate surface area is 131 Å². The fraction of sp³-hybridized carbons (Fsp3) is 0.267. The molecular weight excluding hydrogens is 308 g/mol. The van der Waals surface area contributed by atoms with Crippen molar-refractivity contribution in [1.29, 1.82) is 0 Å². The van der Waals surface area contributed by atoms with E-state index >= 15 is 0 Å². The second-order valence-corrected chi connectivity index (χ2v) is 4.86. The lowest BCUT2D eigenvalue weighted by Crippen LogP contribution is -2.34. The van der Waals surface area contributed by atoms with Crippen molar-refractivity contribution in [2.75, 3.05) is 0 Å². The number of ether oxygens (including phenoxy) is 1. The van der Waals surface area contributed by atoms with Gasteiger partial charge in [-0.25, -0.2) is 9.59 Å². The van der Waals surface area contributed by atoms with E-state index in [2.05, 4.69) is 4.74 Å². The van der Waals surface area contributed by atoms with Crippen LogP contribution in [0.25, 0.3) is 5.57 Å². The molecule has 0 spiro atoms. The molecule has 0 heterocycles. The number of carbonyl (C=O) groups is 1. The van der Waals surface area contributed by atoms with Crippen molar-refractivity contribution >= 4 is 17.5 Å². The van der Waals surface area contributed by atoms with Crippen LogP contribution in [0.4, 0.5) is 0 Å². The van der Waals surface area contributed by atoms with Gasteiger partial charge in [-0.2, -0.15) is 0 Å². The minimum atomic E-state index is -2.87. The molecule has 8 heteroatoms. The summed E-state index contributed by atoms with van der Waals surface area (Å²) in [4.78, 5) is 22.4. The second-order valence-electron chi connectivity index (χ2n) is 4.86. The van der Waals surface area contributed by atoms with Crippen molar-refractivity contribution in [3.05, 3.63) is 41.5 Å². The molecule has 8 nitrogen and oxygen atoms in total. The lowest BCUT2D eigenvalue weighted by atomic mass is 9.92. The SMILES string of the molecule is C/C(C(=O)OC(C)(O)O)=C(\c1ccc(O)cc1)C(O)(O)C=C=O. The zero-order valence-corrected chi connectivity index (χ0v) is 12.3. The lowest BCUT2D eigenvalue weighted by molar-refractivity contribution is -0.304. The van der Waals surface area contributed by atoms with Gasteiger partial charge in [0.05, 0.1) is 6.08 Å². The van der Waals surface area contributed by atoms with Crippen molar-refractivity contribution in [1.82, 2.24) is 0 Å². The number of carbonyl (C=O) groups excluding carboxylic acids is 2. The van der Waals surface area contributed by atoms with E-state index in [0.29, 0.717) is 6.08 Å². The Balaban J connectivity index is 3.50. The number of phenolic OH excluding ortho intramolecular Hbond substituents is 1. The summed E-state index contributed by atoms with van der Waals surface area (Å²) in [6, 6.07) is 4.96. The molecule has 0 fully saturated rings. The van der Waals surface area contributed by atoms with Gasteiger partial charge in [0.15, 0.2) is 0 Å². The molecule has 1 aromatic carbocycles. The monoisotopic (exact) mass is 324 g/mol. The van der Waals surface area contributed by atoms with Crippen LogP contribution in [0.3, 0.4) is 0 Å². The third-order valence-electron chi connectivity index (χ3n) is 2.75. The third-order valence-corrected chi connectivity index (χ3v) is 2.75. The Hall–Kier alpha value is -2.48. The van der Waals surface area contributed by atoms with E-state index in [9.17, 15) is 24.9 Å². The number of hydrogen-bond acceptors (Lipinski definition) is 8. The molecule has 0 aliphatic rings. The number of aliphatic hydroxyl groups is 4. The molecule has 1 aromatic rings. The first kappa shape index (κ1) is 18.6. The van der Waals surface area contributed by atoms with E-state index in [4.69, 9.17) is 10.2 Å². The van der Waals surface area contributed by atoms with E-state index in [1.165, 1.54) is 30.2 Å². The van der Waals surface area contributed by atoms with Gasteiger partial charge in [0.1, 0.15) is 11.7 Å². The standard InChI is InChI=1S/C15H16O8/c1-9(13(18)23-14(2,19)20)12(15(21,22)7-8-16)10-3-5-11(17)6-4-10/h3-7,17,19-22H,1-2H3/b12-9-. The first-order valence-corrected chi connectivity index (χ1v) is 6.33. The molecule has 0 atom stereocenters. The van der Waals surface area contributed by atoms with Gasteiger partial charge in [0, 0.05) is 18.1 Å². The van der Waals surface area contributed by atoms with Crippen molar-refractivity contribution in [3.8, 4) is 5.75 Å². The average molecular weight is 324 g/mol. The number of aromatic hydroxyl groups is 1. The van der Waals surface area contributed by atoms with Crippen molar-refractivity contribution in [2.45, 2.75) is 25.6 Å². The van der Waals surface area contributed by atoms with Gasteiger partial charge in [-0.1, -0.05) is 12.1 Å². The first-order valence-electron chi connectivity index (χ1n) is 6.33. The molecular formula is C15H16O8. The average Bonchev–Trinajstić information content (AvgIpc) is 2.38. The summed E-state index contributed by atoms with van der Waals surface area (Å²) in [5.41, 5.74) is -0.775. The van der Waals surface area contributed by atoms with Crippen LogP contribution in [0.1, 0.15) is 19.4 Å². The van der Waals surface area contributed by atoms with Crippen molar-refractivity contribution in [3.63, 3.8) is 0 Å². The summed E-state index contributed by atoms with van der Waals surface area (Å²) < 4.78 is 4.33. The molecule has 0 aliphatic carbocycles. The number of phenols is 1. The summed E-state index contributed by atoms with van der Waals surface area (Å²) in [5, 5.41) is 47.5. The number of rotatable bonds is 5. The Bertz CT molecular complexity index is 658. The largest absolute Gasteiger partial charge is 0.508 e. The van der Waals surface area contributed by atoms with E-state index in [0.717, 1.165) is 13.8 Å². The van der Waals surface area contributed by atoms with E-state index < -0.39 is 28.9 Å². The topological polar surface area (TPSA) is 145 Å². The number of hydrogen-bond donors (Lipinski definition) is 5. The molecule has 0 saturated carbocycles. The van der Waals surface area contributed by atoms with Crippen LogP contribution in [0.2, 0.25) is 0 Å². The highest BCUT2D eigenvalue weighted by molar-refractivity contribution is 5.99. The highest BCUT2D eigenvalue weighted by Crippen LogP contribution is 2.31. The molecule has 0 bridgehead atoms. The predicted octanol–water partition coefficient (Wildman–Crippen LogP) is -0.564. The minimum Gasteiger partial charge on any atom is -0.508 e. The normalized spacial score (nSPS) is 13.0. The zero-order chi connectivity index (χ0) is 17.8. The maximum absolute atomic E-state index is 11.9. The van der Waals surface area contributed by atoms with Crippen LogP contribution in [0.15, 0.2) is 35.9 Å². The van der Waals surface area contributed by atoms with Gasteiger partial charge >= 0.3 is 11.9 Å². The Kier molecular flexibility index (Phi) is 5.44. The van der Waals surface area contributed by atoms with Gasteiger partial charge in [-0.15, -0.1) is 0 Å². The van der Waals surface area contributed by atoms with Crippen LogP contribution in [0, 0.1) is 0 Å². The van der Waals surface area contributed by atoms with Crippen LogP contribution >= 0.6 is 0 Å². The smallest absolute Gasteiger partial charge is 0.338 e. The molecule has 0 aliphatic heterocycles. The van der Waals surface area contributed by atoms with E-state index in [1.807, 2.05) is 0 Å². The van der Waals surface area contributed by atoms with Gasteiger partial charge in [0.2, 0.25) is 5.79 Å². The molecule has 0 radical (unpaired) electrons. The molecule has 0 aromatic heterocycles. The highest BCUT2D eigenvalue weighted by Gasteiger charge is 2.33. The zero-order valence-electron chi connectivity index (χ0n) is 12.3. The quantitative estimate of drug-likeness (QED) is 0.210. The molecule has 0 saturated heterocycles. The fourth-order valence-corrected chi connectivity index (χ4v) is 1.84. The molecule has 0 amide bonds. The van der Waals surface area contributed by atoms with Gasteiger partial charge in [-0.05, 0) is 24.6 Å². The van der Waals surface area contributed by atoms with Crippen LogP contribution in [-0.4, -0.2) is 49.2 Å². The number of esters is 1. The highest BCUT2D eigenvalue weighted by atomic mass is 16.8. The number of benzene rings is 1. The van der Waals surface area contributed by atoms with Gasteiger partial charge in [0.25, 0.3) is 0 Å². The summed E-state index contributed by atoms with van der Waals surface area (Å²) in [7, 11) is 0. The van der Waals surface area contributed by atoms with E-state index in [1.54, 1.807) is 0 Å². The van der Waals surface area contributed by atoms with Crippen molar-refractivity contribution < 1.29 is 39.9 Å². The third kappa shape index (κ3) is 5.03. The molecule has 5 N–H and O–H groups in total. The summed E-state index contributed by atoms with van der Waals surface area (Å²) in [6.45, 7) is 1.92. The first-order chi connectivity index (χ1) is 10.5. The van der Waals surface area contributed by atoms with Gasteiger partial charge in [-0.3, -0.25) is 0 Å². The van der Waals surface area contributed by atoms with Crippen LogP contribution in [-0.2, 0) is 14.3 Å². The maximum atomic E-state index is 11.9.